The fourth-order valence-electron chi connectivity index (χ4n) is 1.77. The number of hydrogen-bond acceptors (Lipinski definition) is 4. The van der Waals surface area contributed by atoms with Crippen molar-refractivity contribution in [3.05, 3.63) is 55.8 Å². The molecule has 2 aromatic rings. The number of benzene rings is 1. The number of anilines is 1. The molecule has 0 spiro atoms. The maximum absolute atomic E-state index is 12.6. The van der Waals surface area contributed by atoms with Gasteiger partial charge in [-0.1, -0.05) is 0 Å². The van der Waals surface area contributed by atoms with Crippen molar-refractivity contribution in [2.75, 3.05) is 5.32 Å². The van der Waals surface area contributed by atoms with Gasteiger partial charge in [0.1, 0.15) is 5.69 Å². The molecule has 1 aromatic carbocycles. The van der Waals surface area contributed by atoms with E-state index in [2.05, 4.69) is 5.32 Å². The van der Waals surface area contributed by atoms with Gasteiger partial charge in [-0.3, -0.25) is 10.1 Å². The Balaban J connectivity index is 2.24. The Morgan fingerprint density at radius 3 is 2.52 bits per heavy atom. The minimum Gasteiger partial charge on any atom is -0.375 e. The van der Waals surface area contributed by atoms with Crippen molar-refractivity contribution in [1.82, 2.24) is 0 Å². The van der Waals surface area contributed by atoms with E-state index in [-0.39, 0.29) is 5.69 Å². The Bertz CT molecular complexity index is 668. The van der Waals surface area contributed by atoms with Crippen LogP contribution in [0.2, 0.25) is 0 Å². The van der Waals surface area contributed by atoms with Crippen LogP contribution in [0, 0.1) is 17.0 Å². The molecule has 0 fully saturated rings. The third kappa shape index (κ3) is 3.72. The summed E-state index contributed by atoms with van der Waals surface area (Å²) < 4.78 is 37.7. The van der Waals surface area contributed by atoms with Crippen LogP contribution in [-0.4, -0.2) is 4.92 Å². The van der Waals surface area contributed by atoms with Crippen LogP contribution in [0.3, 0.4) is 0 Å². The molecule has 8 heteroatoms. The Morgan fingerprint density at radius 2 is 2.00 bits per heavy atom. The van der Waals surface area contributed by atoms with E-state index in [0.717, 1.165) is 21.9 Å². The molecule has 0 aliphatic rings. The summed E-state index contributed by atoms with van der Waals surface area (Å²) in [5.74, 6) is 0. The van der Waals surface area contributed by atoms with Crippen molar-refractivity contribution >= 4 is 22.7 Å². The van der Waals surface area contributed by atoms with Crippen LogP contribution >= 0.6 is 11.3 Å². The lowest BCUT2D eigenvalue weighted by Gasteiger charge is -2.10. The van der Waals surface area contributed by atoms with Crippen LogP contribution < -0.4 is 5.32 Å². The van der Waals surface area contributed by atoms with E-state index in [1.807, 2.05) is 19.1 Å². The molecule has 4 nitrogen and oxygen atoms in total. The maximum Gasteiger partial charge on any atom is 0.416 e. The molecule has 112 valence electrons. The van der Waals surface area contributed by atoms with Gasteiger partial charge in [-0.15, -0.1) is 11.3 Å². The number of nitrogens with zero attached hydrogens (tertiary/aromatic N) is 1. The minimum absolute atomic E-state index is 0.0686. The molecule has 0 saturated heterocycles. The molecular weight excluding hydrogens is 305 g/mol. The smallest absolute Gasteiger partial charge is 0.375 e. The molecule has 2 rings (SSSR count). The second-order valence-corrected chi connectivity index (χ2v) is 5.73. The lowest BCUT2D eigenvalue weighted by Crippen LogP contribution is -2.07. The van der Waals surface area contributed by atoms with Gasteiger partial charge in [0.05, 0.1) is 10.5 Å². The number of thiophene rings is 1. The average Bonchev–Trinajstić information content (AvgIpc) is 2.80. The quantitative estimate of drug-likeness (QED) is 0.662. The van der Waals surface area contributed by atoms with Gasteiger partial charge in [0.15, 0.2) is 0 Å². The summed E-state index contributed by atoms with van der Waals surface area (Å²) >= 11 is 1.52. The second kappa shape index (κ2) is 5.72. The highest BCUT2D eigenvalue weighted by atomic mass is 32.1. The summed E-state index contributed by atoms with van der Waals surface area (Å²) in [5.41, 5.74) is -1.55. The maximum atomic E-state index is 12.6. The van der Waals surface area contributed by atoms with Crippen molar-refractivity contribution in [3.8, 4) is 0 Å². The van der Waals surface area contributed by atoms with Gasteiger partial charge in [0, 0.05) is 22.4 Å². The van der Waals surface area contributed by atoms with Crippen LogP contribution in [0.1, 0.15) is 15.3 Å². The average molecular weight is 316 g/mol. The molecule has 0 atom stereocenters. The summed E-state index contributed by atoms with van der Waals surface area (Å²) in [7, 11) is 0. The van der Waals surface area contributed by atoms with Crippen molar-refractivity contribution in [2.45, 2.75) is 19.6 Å². The summed E-state index contributed by atoms with van der Waals surface area (Å²) in [6, 6.07) is 6.23. The van der Waals surface area contributed by atoms with Gasteiger partial charge in [-0.25, -0.2) is 0 Å². The standard InChI is InChI=1S/C13H11F3N2O2S/c1-8-2-4-10(21-8)7-17-11-5-3-9(13(14,15)16)6-12(11)18(19)20/h2-6,17H,7H2,1H3. The fourth-order valence-corrected chi connectivity index (χ4v) is 2.60. The third-order valence-corrected chi connectivity index (χ3v) is 3.77. The number of nitro groups is 1. The van der Waals surface area contributed by atoms with E-state index in [1.165, 1.54) is 11.3 Å². The first-order valence-corrected chi connectivity index (χ1v) is 6.74. The number of halogens is 3. The molecule has 0 unspecified atom stereocenters. The zero-order chi connectivity index (χ0) is 15.6. The van der Waals surface area contributed by atoms with E-state index in [4.69, 9.17) is 0 Å². The first-order valence-electron chi connectivity index (χ1n) is 5.92. The normalized spacial score (nSPS) is 11.4. The minimum atomic E-state index is -4.60. The Kier molecular flexibility index (Phi) is 4.17. The molecule has 1 N–H and O–H groups in total. The zero-order valence-corrected chi connectivity index (χ0v) is 11.7. The van der Waals surface area contributed by atoms with Gasteiger partial charge < -0.3 is 5.32 Å². The number of alkyl halides is 3. The molecule has 21 heavy (non-hydrogen) atoms. The van der Waals surface area contributed by atoms with Crippen molar-refractivity contribution in [2.24, 2.45) is 0 Å². The van der Waals surface area contributed by atoms with Gasteiger partial charge >= 0.3 is 6.18 Å². The van der Waals surface area contributed by atoms with Crippen LogP contribution in [0.4, 0.5) is 24.5 Å². The second-order valence-electron chi connectivity index (χ2n) is 4.35. The molecule has 0 aliphatic heterocycles. The van der Waals surface area contributed by atoms with Crippen molar-refractivity contribution in [3.63, 3.8) is 0 Å². The Labute approximate surface area is 122 Å². The Hall–Kier alpha value is -2.09. The molecule has 0 radical (unpaired) electrons. The SMILES string of the molecule is Cc1ccc(CNc2ccc(C(F)(F)F)cc2[N+](=O)[O-])s1. The highest BCUT2D eigenvalue weighted by Gasteiger charge is 2.32. The van der Waals surface area contributed by atoms with E-state index in [0.29, 0.717) is 12.6 Å². The van der Waals surface area contributed by atoms with Gasteiger partial charge in [-0.2, -0.15) is 13.2 Å². The van der Waals surface area contributed by atoms with Crippen LogP contribution in [-0.2, 0) is 12.7 Å². The predicted molar refractivity (Wildman–Crippen MR) is 74.5 cm³/mol. The van der Waals surface area contributed by atoms with Gasteiger partial charge in [0.25, 0.3) is 5.69 Å². The Morgan fingerprint density at radius 1 is 1.29 bits per heavy atom. The third-order valence-electron chi connectivity index (χ3n) is 2.77. The lowest BCUT2D eigenvalue weighted by molar-refractivity contribution is -0.384. The topological polar surface area (TPSA) is 55.2 Å². The van der Waals surface area contributed by atoms with E-state index in [9.17, 15) is 23.3 Å². The van der Waals surface area contributed by atoms with Crippen molar-refractivity contribution in [1.29, 1.82) is 0 Å². The first-order chi connectivity index (χ1) is 9.77. The van der Waals surface area contributed by atoms with Crippen LogP contribution in [0.25, 0.3) is 0 Å². The zero-order valence-electron chi connectivity index (χ0n) is 10.9. The van der Waals surface area contributed by atoms with Crippen LogP contribution in [0.5, 0.6) is 0 Å². The highest BCUT2D eigenvalue weighted by Crippen LogP contribution is 2.35. The fraction of sp³-hybridized carbons (Fsp3) is 0.231. The highest BCUT2D eigenvalue weighted by molar-refractivity contribution is 7.11. The summed E-state index contributed by atoms with van der Waals surface area (Å²) in [4.78, 5) is 12.1. The number of nitrogens with one attached hydrogen (secondary N) is 1. The molecule has 0 amide bonds. The van der Waals surface area contributed by atoms with Crippen molar-refractivity contribution < 1.29 is 18.1 Å². The summed E-state index contributed by atoms with van der Waals surface area (Å²) in [6.45, 7) is 2.25. The van der Waals surface area contributed by atoms with Gasteiger partial charge in [0.2, 0.25) is 0 Å². The number of aryl methyl sites for hydroxylation is 1. The van der Waals surface area contributed by atoms with Crippen LogP contribution in [0.15, 0.2) is 30.3 Å². The largest absolute Gasteiger partial charge is 0.416 e. The summed E-state index contributed by atoms with van der Waals surface area (Å²) in [6.07, 6.45) is -4.60. The first kappa shape index (κ1) is 15.3. The number of nitro benzene ring substituents is 1. The molecular formula is C13H11F3N2O2S. The molecule has 0 bridgehead atoms. The molecule has 1 heterocycles. The monoisotopic (exact) mass is 316 g/mol. The predicted octanol–water partition coefficient (Wildman–Crippen LogP) is 4.60. The van der Waals surface area contributed by atoms with E-state index in [1.54, 1.807) is 0 Å². The number of rotatable bonds is 4. The molecule has 1 aromatic heterocycles. The number of hydrogen-bond donors (Lipinski definition) is 1. The lowest BCUT2D eigenvalue weighted by atomic mass is 10.1. The van der Waals surface area contributed by atoms with E-state index < -0.39 is 22.4 Å². The summed E-state index contributed by atoms with van der Waals surface area (Å²) in [5, 5.41) is 13.7. The van der Waals surface area contributed by atoms with E-state index >= 15 is 0 Å². The van der Waals surface area contributed by atoms with Gasteiger partial charge in [-0.05, 0) is 31.2 Å². The molecule has 0 aliphatic carbocycles. The molecule has 0 saturated carbocycles.